The molecule has 0 fully saturated rings. The van der Waals surface area contributed by atoms with Crippen LogP contribution in [0.4, 0.5) is 4.79 Å². The molecule has 0 aliphatic heterocycles. The number of ether oxygens (including phenoxy) is 1. The molecule has 0 radical (unpaired) electrons. The first kappa shape index (κ1) is 15.6. The Balaban J connectivity index is 4.22. The molecule has 0 aromatic carbocycles. The molecule has 0 aromatic rings. The molecule has 0 heterocycles. The smallest absolute Gasteiger partial charge is 0.422 e. The highest BCUT2D eigenvalue weighted by molar-refractivity contribution is 7.88. The van der Waals surface area contributed by atoms with E-state index in [0.717, 1.165) is 0 Å². The van der Waals surface area contributed by atoms with E-state index in [0.29, 0.717) is 0 Å². The van der Waals surface area contributed by atoms with Crippen molar-refractivity contribution in [2.75, 3.05) is 6.54 Å². The van der Waals surface area contributed by atoms with Crippen molar-refractivity contribution in [2.24, 2.45) is 5.73 Å². The number of aliphatic hydroxyl groups excluding tert-OH is 1. The number of nitrogens with one attached hydrogen (secondary N) is 2. The van der Waals surface area contributed by atoms with Crippen LogP contribution in [0, 0.1) is 0 Å². The number of rotatable bonds is 6. The second kappa shape index (κ2) is 6.37. The molecule has 0 rings (SSSR count). The lowest BCUT2D eigenvalue weighted by Gasteiger charge is -2.11. The van der Waals surface area contributed by atoms with Gasteiger partial charge in [0, 0.05) is 6.54 Å². The molecule has 0 aliphatic rings. The zero-order valence-corrected chi connectivity index (χ0v) is 10.2. The average molecular weight is 269 g/mol. The van der Waals surface area contributed by atoms with Crippen LogP contribution in [0.15, 0.2) is 0 Å². The van der Waals surface area contributed by atoms with Gasteiger partial charge in [0.25, 0.3) is 0 Å². The summed E-state index contributed by atoms with van der Waals surface area (Å²) < 4.78 is 30.1. The predicted octanol–water partition coefficient (Wildman–Crippen LogP) is -2.20. The highest BCUT2D eigenvalue weighted by atomic mass is 32.2. The van der Waals surface area contributed by atoms with E-state index >= 15 is 0 Å². The van der Waals surface area contributed by atoms with Crippen LogP contribution in [0.2, 0.25) is 0 Å². The molecule has 0 bridgehead atoms. The van der Waals surface area contributed by atoms with Crippen molar-refractivity contribution in [1.82, 2.24) is 9.44 Å². The molecule has 100 valence electrons. The third-order valence-corrected chi connectivity index (χ3v) is 2.34. The van der Waals surface area contributed by atoms with E-state index in [2.05, 4.69) is 4.74 Å². The highest BCUT2D eigenvalue weighted by Crippen LogP contribution is 1.90. The van der Waals surface area contributed by atoms with Crippen molar-refractivity contribution in [3.8, 4) is 0 Å². The van der Waals surface area contributed by atoms with Gasteiger partial charge >= 0.3 is 16.3 Å². The van der Waals surface area contributed by atoms with Crippen LogP contribution >= 0.6 is 0 Å². The summed E-state index contributed by atoms with van der Waals surface area (Å²) in [7, 11) is -4.20. The number of hydrogen-bond acceptors (Lipinski definition) is 6. The molecule has 1 atom stereocenters. The van der Waals surface area contributed by atoms with Crippen molar-refractivity contribution in [1.29, 1.82) is 0 Å². The highest BCUT2D eigenvalue weighted by Gasteiger charge is 2.19. The Morgan fingerprint density at radius 2 is 1.94 bits per heavy atom. The molecule has 10 heteroatoms. The van der Waals surface area contributed by atoms with Crippen LogP contribution < -0.4 is 15.2 Å². The first-order chi connectivity index (χ1) is 7.64. The van der Waals surface area contributed by atoms with Gasteiger partial charge in [-0.05, 0) is 13.8 Å². The third kappa shape index (κ3) is 7.49. The molecule has 0 aromatic heterocycles. The lowest BCUT2D eigenvalue weighted by atomic mass is 10.3. The van der Waals surface area contributed by atoms with Gasteiger partial charge in [-0.15, -0.1) is 0 Å². The van der Waals surface area contributed by atoms with E-state index < -0.39 is 41.0 Å². The van der Waals surface area contributed by atoms with Gasteiger partial charge in [-0.1, -0.05) is 0 Å². The summed E-state index contributed by atoms with van der Waals surface area (Å²) in [4.78, 5) is 21.4. The zero-order chi connectivity index (χ0) is 13.6. The summed E-state index contributed by atoms with van der Waals surface area (Å²) in [5.41, 5.74) is 4.70. The number of amides is 2. The molecule has 2 amide bonds. The lowest BCUT2D eigenvalue weighted by molar-refractivity contribution is -0.125. The largest absolute Gasteiger partial charge is 0.446 e. The fourth-order valence-electron chi connectivity index (χ4n) is 0.673. The van der Waals surface area contributed by atoms with Crippen LogP contribution in [-0.2, 0) is 19.7 Å². The Morgan fingerprint density at radius 1 is 1.41 bits per heavy atom. The van der Waals surface area contributed by atoms with E-state index in [1.807, 2.05) is 0 Å². The quantitative estimate of drug-likeness (QED) is 0.430. The first-order valence-electron chi connectivity index (χ1n) is 4.59. The number of carbonyl (C=O) groups is 2. The van der Waals surface area contributed by atoms with Gasteiger partial charge in [0.1, 0.15) is 6.10 Å². The van der Waals surface area contributed by atoms with E-state index in [9.17, 15) is 18.0 Å². The standard InChI is InChI=1S/C7H15N3O6S/c1-4(2)16-7(13)10-17(14,15)9-3-5(11)6(8)12/h4-5,9,11H,3H2,1-2H3,(H2,8,12)(H,10,13). The number of carbonyl (C=O) groups excluding carboxylic acids is 2. The number of nitrogens with two attached hydrogens (primary N) is 1. The number of primary amides is 1. The molecule has 0 saturated carbocycles. The second-order valence-electron chi connectivity index (χ2n) is 3.33. The maximum Gasteiger partial charge on any atom is 0.422 e. The molecule has 5 N–H and O–H groups in total. The fourth-order valence-corrected chi connectivity index (χ4v) is 1.39. The third-order valence-electron chi connectivity index (χ3n) is 1.36. The van der Waals surface area contributed by atoms with Gasteiger partial charge in [-0.2, -0.15) is 13.1 Å². The Labute approximate surface area is 98.5 Å². The SMILES string of the molecule is CC(C)OC(=O)NS(=O)(=O)NCC(O)C(N)=O. The van der Waals surface area contributed by atoms with Gasteiger partial charge in [-0.3, -0.25) is 4.79 Å². The van der Waals surface area contributed by atoms with E-state index in [1.165, 1.54) is 18.6 Å². The maximum absolute atomic E-state index is 11.2. The summed E-state index contributed by atoms with van der Waals surface area (Å²) in [6.07, 6.45) is -3.32. The Morgan fingerprint density at radius 3 is 2.35 bits per heavy atom. The molecule has 1 unspecified atom stereocenters. The summed E-state index contributed by atoms with van der Waals surface area (Å²) in [5.74, 6) is -1.09. The molecule has 0 saturated heterocycles. The summed E-state index contributed by atoms with van der Waals surface area (Å²) in [6.45, 7) is 2.44. The lowest BCUT2D eigenvalue weighted by Crippen LogP contribution is -2.46. The number of aliphatic hydroxyl groups is 1. The van der Waals surface area contributed by atoms with Crippen LogP contribution in [-0.4, -0.2) is 44.3 Å². The summed E-state index contributed by atoms with van der Waals surface area (Å²) in [5, 5.41) is 8.92. The van der Waals surface area contributed by atoms with Crippen LogP contribution in [0.5, 0.6) is 0 Å². The van der Waals surface area contributed by atoms with Crippen LogP contribution in [0.3, 0.4) is 0 Å². The minimum absolute atomic E-state index is 0.485. The van der Waals surface area contributed by atoms with Crippen molar-refractivity contribution < 1.29 is 27.9 Å². The van der Waals surface area contributed by atoms with E-state index in [1.54, 1.807) is 4.72 Å². The van der Waals surface area contributed by atoms with E-state index in [-0.39, 0.29) is 0 Å². The Bertz CT molecular complexity index is 379. The van der Waals surface area contributed by atoms with Crippen molar-refractivity contribution in [3.05, 3.63) is 0 Å². The monoisotopic (exact) mass is 269 g/mol. The molecule has 0 spiro atoms. The molecule has 17 heavy (non-hydrogen) atoms. The minimum atomic E-state index is -4.20. The molecule has 9 nitrogen and oxygen atoms in total. The maximum atomic E-state index is 11.2. The zero-order valence-electron chi connectivity index (χ0n) is 9.34. The summed E-state index contributed by atoms with van der Waals surface area (Å²) in [6, 6.07) is 0. The molecular formula is C7H15N3O6S. The topological polar surface area (TPSA) is 148 Å². The Hall–Kier alpha value is -1.39. The van der Waals surface area contributed by atoms with Gasteiger partial charge in [0.2, 0.25) is 5.91 Å². The molecule has 0 aliphatic carbocycles. The minimum Gasteiger partial charge on any atom is -0.446 e. The van der Waals surface area contributed by atoms with Gasteiger partial charge < -0.3 is 15.6 Å². The van der Waals surface area contributed by atoms with Crippen molar-refractivity contribution in [3.63, 3.8) is 0 Å². The van der Waals surface area contributed by atoms with Gasteiger partial charge in [0.15, 0.2) is 0 Å². The Kier molecular flexibility index (Phi) is 5.85. The first-order valence-corrected chi connectivity index (χ1v) is 6.07. The van der Waals surface area contributed by atoms with Gasteiger partial charge in [-0.25, -0.2) is 9.52 Å². The number of hydrogen-bond donors (Lipinski definition) is 4. The summed E-state index contributed by atoms with van der Waals surface area (Å²) >= 11 is 0. The van der Waals surface area contributed by atoms with Crippen molar-refractivity contribution in [2.45, 2.75) is 26.1 Å². The van der Waals surface area contributed by atoms with Crippen LogP contribution in [0.25, 0.3) is 0 Å². The molecular weight excluding hydrogens is 254 g/mol. The average Bonchev–Trinajstić information content (AvgIpc) is 2.11. The fraction of sp³-hybridized carbons (Fsp3) is 0.714. The van der Waals surface area contributed by atoms with Crippen LogP contribution in [0.1, 0.15) is 13.8 Å². The van der Waals surface area contributed by atoms with Crippen molar-refractivity contribution >= 4 is 22.2 Å². The normalized spacial score (nSPS) is 13.2. The second-order valence-corrected chi connectivity index (χ2v) is 4.83. The van der Waals surface area contributed by atoms with E-state index in [4.69, 9.17) is 10.8 Å². The predicted molar refractivity (Wildman–Crippen MR) is 56.9 cm³/mol. The van der Waals surface area contributed by atoms with Gasteiger partial charge in [0.05, 0.1) is 6.10 Å².